The van der Waals surface area contributed by atoms with Gasteiger partial charge >= 0.3 is 0 Å². The molecular formula is C17H12N4O3S. The molecule has 0 unspecified atom stereocenters. The number of thioether (sulfide) groups is 1. The summed E-state index contributed by atoms with van der Waals surface area (Å²) in [4.78, 5) is 26.5. The maximum atomic E-state index is 12.1. The van der Waals surface area contributed by atoms with Crippen molar-refractivity contribution in [2.24, 2.45) is 0 Å². The molecule has 0 spiro atoms. The summed E-state index contributed by atoms with van der Waals surface area (Å²) in [7, 11) is 0. The average molecular weight is 352 g/mol. The molecule has 2 heterocycles. The first kappa shape index (κ1) is 16.7. The number of ketones is 1. The maximum absolute atomic E-state index is 12.1. The van der Waals surface area contributed by atoms with Gasteiger partial charge in [0.25, 0.3) is 5.69 Å². The van der Waals surface area contributed by atoms with Gasteiger partial charge < -0.3 is 0 Å². The molecule has 0 bridgehead atoms. The quantitative estimate of drug-likeness (QED) is 0.290. The molecule has 8 heteroatoms. The van der Waals surface area contributed by atoms with E-state index in [2.05, 4.69) is 15.2 Å². The summed E-state index contributed by atoms with van der Waals surface area (Å²) in [5.41, 5.74) is 1.77. The molecule has 0 atom stereocenters. The number of carbonyl (C=O) groups is 1. The first-order chi connectivity index (χ1) is 12.1. The number of rotatable bonds is 6. The third kappa shape index (κ3) is 4.24. The van der Waals surface area contributed by atoms with Crippen LogP contribution < -0.4 is 0 Å². The molecule has 2 aromatic heterocycles. The Morgan fingerprint density at radius 2 is 1.80 bits per heavy atom. The SMILES string of the molecule is O=C(CSc1ccc(-c2ccccn2)nn1)c1ccc([N+](=O)[O-])cc1. The molecular weight excluding hydrogens is 340 g/mol. The van der Waals surface area contributed by atoms with E-state index in [1.807, 2.05) is 18.2 Å². The van der Waals surface area contributed by atoms with Crippen LogP contribution in [-0.4, -0.2) is 31.6 Å². The van der Waals surface area contributed by atoms with Crippen molar-refractivity contribution in [3.05, 3.63) is 76.5 Å². The first-order valence-corrected chi connectivity index (χ1v) is 8.27. The lowest BCUT2D eigenvalue weighted by molar-refractivity contribution is -0.384. The second kappa shape index (κ2) is 7.63. The van der Waals surface area contributed by atoms with Gasteiger partial charge in [0.05, 0.1) is 16.4 Å². The number of carbonyl (C=O) groups excluding carboxylic acids is 1. The Bertz CT molecular complexity index is 884. The summed E-state index contributed by atoms with van der Waals surface area (Å²) in [6.07, 6.45) is 1.68. The summed E-state index contributed by atoms with van der Waals surface area (Å²) in [5.74, 6) is 0.0469. The van der Waals surface area contributed by atoms with E-state index in [1.165, 1.54) is 36.0 Å². The molecule has 7 nitrogen and oxygen atoms in total. The molecule has 1 aromatic carbocycles. The fraction of sp³-hybridized carbons (Fsp3) is 0.0588. The van der Waals surface area contributed by atoms with Crippen LogP contribution in [0.2, 0.25) is 0 Å². The normalized spacial score (nSPS) is 10.4. The highest BCUT2D eigenvalue weighted by molar-refractivity contribution is 7.99. The standard InChI is InChI=1S/C17H12N4O3S/c22-16(12-4-6-13(7-5-12)21(23)24)11-25-17-9-8-15(19-20-17)14-3-1-2-10-18-14/h1-10H,11H2. The lowest BCUT2D eigenvalue weighted by atomic mass is 10.1. The molecule has 0 amide bonds. The molecule has 0 aliphatic heterocycles. The van der Waals surface area contributed by atoms with Gasteiger partial charge in [0.1, 0.15) is 10.7 Å². The van der Waals surface area contributed by atoms with Crippen LogP contribution in [-0.2, 0) is 0 Å². The highest BCUT2D eigenvalue weighted by Gasteiger charge is 2.11. The molecule has 0 fully saturated rings. The van der Waals surface area contributed by atoms with E-state index in [0.29, 0.717) is 16.3 Å². The number of hydrogen-bond acceptors (Lipinski definition) is 7. The highest BCUT2D eigenvalue weighted by Crippen LogP contribution is 2.20. The Morgan fingerprint density at radius 3 is 2.40 bits per heavy atom. The van der Waals surface area contributed by atoms with Gasteiger partial charge in [-0.25, -0.2) is 0 Å². The number of Topliss-reactive ketones (excluding diaryl/α,β-unsaturated/α-hetero) is 1. The van der Waals surface area contributed by atoms with Crippen LogP contribution in [0.25, 0.3) is 11.4 Å². The number of nitrogens with zero attached hydrogens (tertiary/aromatic N) is 4. The predicted molar refractivity (Wildman–Crippen MR) is 93.4 cm³/mol. The van der Waals surface area contributed by atoms with Crippen molar-refractivity contribution in [2.45, 2.75) is 5.03 Å². The summed E-state index contributed by atoms with van der Waals surface area (Å²) in [6.45, 7) is 0. The van der Waals surface area contributed by atoms with Gasteiger partial charge in [0.15, 0.2) is 5.78 Å². The number of pyridine rings is 1. The molecule has 124 valence electrons. The molecule has 3 aromatic rings. The third-order valence-electron chi connectivity index (χ3n) is 3.32. The van der Waals surface area contributed by atoms with Crippen LogP contribution in [0, 0.1) is 10.1 Å². The van der Waals surface area contributed by atoms with Crippen LogP contribution in [0.4, 0.5) is 5.69 Å². The maximum Gasteiger partial charge on any atom is 0.269 e. The number of non-ortho nitro benzene ring substituents is 1. The van der Waals surface area contributed by atoms with Crippen molar-refractivity contribution in [1.29, 1.82) is 0 Å². The van der Waals surface area contributed by atoms with Gasteiger partial charge in [-0.3, -0.25) is 19.9 Å². The van der Waals surface area contributed by atoms with Gasteiger partial charge in [-0.15, -0.1) is 10.2 Å². The Balaban J connectivity index is 1.61. The smallest absolute Gasteiger partial charge is 0.269 e. The number of nitro groups is 1. The highest BCUT2D eigenvalue weighted by atomic mass is 32.2. The lowest BCUT2D eigenvalue weighted by Gasteiger charge is -2.02. The van der Waals surface area contributed by atoms with E-state index in [0.717, 1.165) is 5.69 Å². The minimum Gasteiger partial charge on any atom is -0.293 e. The van der Waals surface area contributed by atoms with Gasteiger partial charge in [0, 0.05) is 23.9 Å². The number of nitro benzene ring substituents is 1. The van der Waals surface area contributed by atoms with Gasteiger partial charge in [-0.2, -0.15) is 0 Å². The average Bonchev–Trinajstić information content (AvgIpc) is 2.67. The van der Waals surface area contributed by atoms with Crippen molar-refractivity contribution >= 4 is 23.2 Å². The second-order valence-electron chi connectivity index (χ2n) is 4.99. The fourth-order valence-corrected chi connectivity index (χ4v) is 2.75. The van der Waals surface area contributed by atoms with Gasteiger partial charge in [0.2, 0.25) is 0 Å². The molecule has 3 rings (SSSR count). The number of aromatic nitrogens is 3. The monoisotopic (exact) mass is 352 g/mol. The molecule has 0 N–H and O–H groups in total. The van der Waals surface area contributed by atoms with Crippen molar-refractivity contribution in [1.82, 2.24) is 15.2 Å². The number of benzene rings is 1. The van der Waals surface area contributed by atoms with Crippen LogP contribution in [0.3, 0.4) is 0 Å². The van der Waals surface area contributed by atoms with E-state index in [4.69, 9.17) is 0 Å². The number of hydrogen-bond donors (Lipinski definition) is 0. The van der Waals surface area contributed by atoms with Crippen molar-refractivity contribution in [3.8, 4) is 11.4 Å². The largest absolute Gasteiger partial charge is 0.293 e. The molecule has 0 saturated heterocycles. The molecule has 0 aliphatic rings. The zero-order valence-electron chi connectivity index (χ0n) is 12.9. The minimum absolute atomic E-state index is 0.0415. The molecule has 0 radical (unpaired) electrons. The van der Waals surface area contributed by atoms with E-state index < -0.39 is 4.92 Å². The van der Waals surface area contributed by atoms with Gasteiger partial charge in [-0.1, -0.05) is 17.8 Å². The molecule has 0 saturated carbocycles. The zero-order valence-corrected chi connectivity index (χ0v) is 13.7. The van der Waals surface area contributed by atoms with Crippen molar-refractivity contribution in [3.63, 3.8) is 0 Å². The molecule has 0 aliphatic carbocycles. The Morgan fingerprint density at radius 1 is 1.00 bits per heavy atom. The van der Waals surface area contributed by atoms with Crippen LogP contribution in [0.1, 0.15) is 10.4 Å². The summed E-state index contributed by atoms with van der Waals surface area (Å²) < 4.78 is 0. The first-order valence-electron chi connectivity index (χ1n) is 7.29. The predicted octanol–water partition coefficient (Wildman–Crippen LogP) is 3.42. The van der Waals surface area contributed by atoms with E-state index in [-0.39, 0.29) is 17.2 Å². The topological polar surface area (TPSA) is 98.9 Å². The second-order valence-corrected chi connectivity index (χ2v) is 5.98. The lowest BCUT2D eigenvalue weighted by Crippen LogP contribution is -2.03. The van der Waals surface area contributed by atoms with Crippen molar-refractivity contribution < 1.29 is 9.72 Å². The van der Waals surface area contributed by atoms with E-state index in [9.17, 15) is 14.9 Å². The minimum atomic E-state index is -0.498. The zero-order chi connectivity index (χ0) is 17.6. The summed E-state index contributed by atoms with van der Waals surface area (Å²) in [5, 5.41) is 19.4. The van der Waals surface area contributed by atoms with Crippen molar-refractivity contribution in [2.75, 3.05) is 5.75 Å². The summed E-state index contributed by atoms with van der Waals surface area (Å²) in [6, 6.07) is 14.7. The summed E-state index contributed by atoms with van der Waals surface area (Å²) >= 11 is 1.26. The fourth-order valence-electron chi connectivity index (χ4n) is 2.04. The Kier molecular flexibility index (Phi) is 5.10. The Labute approximate surface area is 147 Å². The third-order valence-corrected chi connectivity index (χ3v) is 4.24. The molecule has 25 heavy (non-hydrogen) atoms. The Hall–Kier alpha value is -3.13. The van der Waals surface area contributed by atoms with Crippen LogP contribution in [0.5, 0.6) is 0 Å². The van der Waals surface area contributed by atoms with E-state index in [1.54, 1.807) is 18.3 Å². The van der Waals surface area contributed by atoms with Crippen LogP contribution in [0.15, 0.2) is 65.8 Å². The van der Waals surface area contributed by atoms with E-state index >= 15 is 0 Å². The van der Waals surface area contributed by atoms with Crippen LogP contribution >= 0.6 is 11.8 Å². The van der Waals surface area contributed by atoms with Gasteiger partial charge in [-0.05, 0) is 36.4 Å².